The Morgan fingerprint density at radius 1 is 1.30 bits per heavy atom. The summed E-state index contributed by atoms with van der Waals surface area (Å²) in [6.07, 6.45) is 4.26. The van der Waals surface area contributed by atoms with Crippen LogP contribution < -0.4 is 5.73 Å². The highest BCUT2D eigenvalue weighted by Gasteiger charge is 2.25. The molecule has 0 bridgehead atoms. The van der Waals surface area contributed by atoms with Gasteiger partial charge in [0, 0.05) is 24.7 Å². The van der Waals surface area contributed by atoms with Crippen LogP contribution in [-0.2, 0) is 6.42 Å². The van der Waals surface area contributed by atoms with Crippen molar-refractivity contribution in [2.75, 3.05) is 13.1 Å². The van der Waals surface area contributed by atoms with Crippen LogP contribution in [0.15, 0.2) is 24.3 Å². The summed E-state index contributed by atoms with van der Waals surface area (Å²) in [6, 6.07) is 8.31. The average Bonchev–Trinajstić information content (AvgIpc) is 2.48. The van der Waals surface area contributed by atoms with E-state index in [9.17, 15) is 4.79 Å². The second-order valence-electron chi connectivity index (χ2n) is 5.94. The molecule has 1 aromatic rings. The summed E-state index contributed by atoms with van der Waals surface area (Å²) in [5, 5.41) is 0. The lowest BCUT2D eigenvalue weighted by Gasteiger charge is -2.33. The number of hydrogen-bond donors (Lipinski definition) is 1. The molecule has 1 amide bonds. The summed E-state index contributed by atoms with van der Waals surface area (Å²) in [7, 11) is 0. The molecule has 1 atom stereocenters. The molecule has 1 saturated heterocycles. The van der Waals surface area contributed by atoms with Gasteiger partial charge in [-0.25, -0.2) is 0 Å². The van der Waals surface area contributed by atoms with Gasteiger partial charge in [-0.15, -0.1) is 0 Å². The number of likely N-dealkylation sites (tertiary alicyclic amines) is 1. The molecule has 1 aliphatic rings. The summed E-state index contributed by atoms with van der Waals surface area (Å²) < 4.78 is 0. The number of rotatable bonds is 4. The predicted molar refractivity (Wildman–Crippen MR) is 82.7 cm³/mol. The van der Waals surface area contributed by atoms with Gasteiger partial charge < -0.3 is 10.6 Å². The molecule has 1 heterocycles. The van der Waals surface area contributed by atoms with E-state index >= 15 is 0 Å². The van der Waals surface area contributed by atoms with Gasteiger partial charge in [0.05, 0.1) is 0 Å². The standard InChI is InChI=1S/C17H26N2O/c1-3-4-14-5-7-16(8-6-14)17(20)19-11-9-15(10-12-19)13(2)18/h5-8,13,15H,3-4,9-12,18H2,1-2H3. The summed E-state index contributed by atoms with van der Waals surface area (Å²) in [4.78, 5) is 14.4. The third kappa shape index (κ3) is 3.60. The normalized spacial score (nSPS) is 18.1. The van der Waals surface area contributed by atoms with Crippen molar-refractivity contribution in [3.63, 3.8) is 0 Å². The molecule has 1 aromatic carbocycles. The molecule has 0 aromatic heterocycles. The molecule has 2 rings (SSSR count). The highest BCUT2D eigenvalue weighted by atomic mass is 16.2. The second kappa shape index (κ2) is 6.89. The van der Waals surface area contributed by atoms with Crippen molar-refractivity contribution in [1.82, 2.24) is 4.90 Å². The Balaban J connectivity index is 1.94. The SMILES string of the molecule is CCCc1ccc(C(=O)N2CCC(C(C)N)CC2)cc1. The lowest BCUT2D eigenvalue weighted by Crippen LogP contribution is -2.42. The fourth-order valence-electron chi connectivity index (χ4n) is 2.91. The number of carbonyl (C=O) groups excluding carboxylic acids is 1. The van der Waals surface area contributed by atoms with E-state index in [4.69, 9.17) is 5.73 Å². The number of hydrogen-bond acceptors (Lipinski definition) is 2. The Bertz CT molecular complexity index is 431. The number of aryl methyl sites for hydroxylation is 1. The maximum atomic E-state index is 12.4. The van der Waals surface area contributed by atoms with Crippen molar-refractivity contribution < 1.29 is 4.79 Å². The van der Waals surface area contributed by atoms with Crippen LogP contribution in [-0.4, -0.2) is 29.9 Å². The van der Waals surface area contributed by atoms with E-state index in [1.165, 1.54) is 5.56 Å². The van der Waals surface area contributed by atoms with Gasteiger partial charge in [-0.3, -0.25) is 4.79 Å². The predicted octanol–water partition coefficient (Wildman–Crippen LogP) is 2.84. The second-order valence-corrected chi connectivity index (χ2v) is 5.94. The van der Waals surface area contributed by atoms with E-state index in [0.717, 1.165) is 44.3 Å². The largest absolute Gasteiger partial charge is 0.339 e. The van der Waals surface area contributed by atoms with Gasteiger partial charge in [0.15, 0.2) is 0 Å². The van der Waals surface area contributed by atoms with Crippen molar-refractivity contribution >= 4 is 5.91 Å². The molecule has 0 aliphatic carbocycles. The number of piperidine rings is 1. The lowest BCUT2D eigenvalue weighted by atomic mass is 9.90. The van der Waals surface area contributed by atoms with E-state index in [1.54, 1.807) is 0 Å². The van der Waals surface area contributed by atoms with Crippen molar-refractivity contribution in [2.24, 2.45) is 11.7 Å². The highest BCUT2D eigenvalue weighted by Crippen LogP contribution is 2.21. The fraction of sp³-hybridized carbons (Fsp3) is 0.588. The van der Waals surface area contributed by atoms with E-state index < -0.39 is 0 Å². The highest BCUT2D eigenvalue weighted by molar-refractivity contribution is 5.94. The molecule has 2 N–H and O–H groups in total. The van der Waals surface area contributed by atoms with Gasteiger partial charge in [0.2, 0.25) is 0 Å². The molecule has 0 spiro atoms. The van der Waals surface area contributed by atoms with Crippen molar-refractivity contribution in [3.05, 3.63) is 35.4 Å². The smallest absolute Gasteiger partial charge is 0.253 e. The average molecular weight is 274 g/mol. The summed E-state index contributed by atoms with van der Waals surface area (Å²) in [6.45, 7) is 5.90. The third-order valence-corrected chi connectivity index (χ3v) is 4.31. The fourth-order valence-corrected chi connectivity index (χ4v) is 2.91. The minimum atomic E-state index is 0.163. The minimum Gasteiger partial charge on any atom is -0.339 e. The molecule has 1 aliphatic heterocycles. The molecule has 1 unspecified atom stereocenters. The molecule has 3 nitrogen and oxygen atoms in total. The minimum absolute atomic E-state index is 0.163. The Hall–Kier alpha value is -1.35. The Kier molecular flexibility index (Phi) is 5.18. The Labute approximate surface area is 122 Å². The number of amides is 1. The van der Waals surface area contributed by atoms with Crippen LogP contribution in [0.3, 0.4) is 0 Å². The van der Waals surface area contributed by atoms with Gasteiger partial charge in [-0.1, -0.05) is 25.5 Å². The van der Waals surface area contributed by atoms with Gasteiger partial charge in [-0.05, 0) is 49.8 Å². The van der Waals surface area contributed by atoms with Crippen LogP contribution in [0.5, 0.6) is 0 Å². The van der Waals surface area contributed by atoms with Crippen molar-refractivity contribution in [3.8, 4) is 0 Å². The van der Waals surface area contributed by atoms with E-state index in [1.807, 2.05) is 17.0 Å². The first-order chi connectivity index (χ1) is 9.61. The number of benzene rings is 1. The van der Waals surface area contributed by atoms with Gasteiger partial charge in [0.1, 0.15) is 0 Å². The van der Waals surface area contributed by atoms with E-state index in [0.29, 0.717) is 5.92 Å². The van der Waals surface area contributed by atoms with E-state index in [-0.39, 0.29) is 11.9 Å². The monoisotopic (exact) mass is 274 g/mol. The Morgan fingerprint density at radius 2 is 1.90 bits per heavy atom. The first-order valence-electron chi connectivity index (χ1n) is 7.75. The van der Waals surface area contributed by atoms with Crippen LogP contribution in [0.25, 0.3) is 0 Å². The first-order valence-corrected chi connectivity index (χ1v) is 7.75. The molecule has 110 valence electrons. The van der Waals surface area contributed by atoms with Crippen molar-refractivity contribution in [2.45, 2.75) is 45.6 Å². The third-order valence-electron chi connectivity index (χ3n) is 4.31. The van der Waals surface area contributed by atoms with Crippen LogP contribution in [0.4, 0.5) is 0 Å². The van der Waals surface area contributed by atoms with Gasteiger partial charge >= 0.3 is 0 Å². The molecule has 20 heavy (non-hydrogen) atoms. The topological polar surface area (TPSA) is 46.3 Å². The van der Waals surface area contributed by atoms with Gasteiger partial charge in [-0.2, -0.15) is 0 Å². The lowest BCUT2D eigenvalue weighted by molar-refractivity contribution is 0.0681. The molecule has 3 heteroatoms. The quantitative estimate of drug-likeness (QED) is 0.917. The molecule has 0 saturated carbocycles. The van der Waals surface area contributed by atoms with Crippen molar-refractivity contribution in [1.29, 1.82) is 0 Å². The Morgan fingerprint density at radius 3 is 2.40 bits per heavy atom. The van der Waals surface area contributed by atoms with Crippen LogP contribution in [0, 0.1) is 5.92 Å². The van der Waals surface area contributed by atoms with Gasteiger partial charge in [0.25, 0.3) is 5.91 Å². The summed E-state index contributed by atoms with van der Waals surface area (Å²) in [5.74, 6) is 0.724. The summed E-state index contributed by atoms with van der Waals surface area (Å²) >= 11 is 0. The molecular weight excluding hydrogens is 248 g/mol. The van der Waals surface area contributed by atoms with Crippen LogP contribution >= 0.6 is 0 Å². The zero-order chi connectivity index (χ0) is 14.5. The summed E-state index contributed by atoms with van der Waals surface area (Å²) in [5.41, 5.74) is 8.06. The molecule has 1 fully saturated rings. The maximum Gasteiger partial charge on any atom is 0.253 e. The zero-order valence-electron chi connectivity index (χ0n) is 12.6. The first kappa shape index (κ1) is 15.0. The van der Waals surface area contributed by atoms with E-state index in [2.05, 4.69) is 26.0 Å². The zero-order valence-corrected chi connectivity index (χ0v) is 12.6. The van der Waals surface area contributed by atoms with Crippen LogP contribution in [0.2, 0.25) is 0 Å². The maximum absolute atomic E-state index is 12.4. The molecule has 0 radical (unpaired) electrons. The number of carbonyl (C=O) groups is 1. The number of nitrogens with two attached hydrogens (primary N) is 1. The van der Waals surface area contributed by atoms with Crippen LogP contribution in [0.1, 0.15) is 49.0 Å². The number of nitrogens with zero attached hydrogens (tertiary/aromatic N) is 1. The molecular formula is C17H26N2O.